The van der Waals surface area contributed by atoms with Crippen LogP contribution in [0.2, 0.25) is 0 Å². The van der Waals surface area contributed by atoms with Crippen LogP contribution in [0.15, 0.2) is 71.3 Å². The number of ether oxygens (including phenoxy) is 1. The second-order valence-corrected chi connectivity index (χ2v) is 7.64. The molecule has 0 bridgehead atoms. The molecular formula is C24H21N5O6. The fourth-order valence-corrected chi connectivity index (χ4v) is 3.18. The molecule has 0 unspecified atom stereocenters. The van der Waals surface area contributed by atoms with Crippen LogP contribution in [0.1, 0.15) is 32.4 Å². The number of anilines is 2. The number of aromatic nitrogens is 2. The number of aryl methyl sites for hydroxylation is 2. The fourth-order valence-electron chi connectivity index (χ4n) is 3.18. The minimum Gasteiger partial charge on any atom is -0.479 e. The maximum atomic E-state index is 12.5. The largest absolute Gasteiger partial charge is 0.479 e. The van der Waals surface area contributed by atoms with Gasteiger partial charge in [-0.2, -0.15) is 5.10 Å². The van der Waals surface area contributed by atoms with Gasteiger partial charge >= 0.3 is 5.69 Å². The quantitative estimate of drug-likeness (QED) is 0.286. The van der Waals surface area contributed by atoms with Gasteiger partial charge in [-0.25, -0.2) is 0 Å². The van der Waals surface area contributed by atoms with Gasteiger partial charge in [0.15, 0.2) is 17.2 Å². The summed E-state index contributed by atoms with van der Waals surface area (Å²) in [6.07, 6.45) is 1.67. The third-order valence-electron chi connectivity index (χ3n) is 4.91. The zero-order chi connectivity index (χ0) is 24.9. The minimum atomic E-state index is -0.515. The summed E-state index contributed by atoms with van der Waals surface area (Å²) in [6, 6.07) is 15.9. The lowest BCUT2D eigenvalue weighted by molar-refractivity contribution is -0.386. The lowest BCUT2D eigenvalue weighted by atomic mass is 10.2. The number of nitrogens with zero attached hydrogens (tertiary/aromatic N) is 3. The predicted molar refractivity (Wildman–Crippen MR) is 126 cm³/mol. The van der Waals surface area contributed by atoms with E-state index in [4.69, 9.17) is 9.15 Å². The first-order valence-corrected chi connectivity index (χ1v) is 10.5. The van der Waals surface area contributed by atoms with Crippen LogP contribution in [0, 0.1) is 17.0 Å². The Bertz CT molecular complexity index is 1390. The van der Waals surface area contributed by atoms with Gasteiger partial charge < -0.3 is 19.8 Å². The van der Waals surface area contributed by atoms with Crippen LogP contribution in [-0.2, 0) is 13.7 Å². The molecule has 11 heteroatoms. The molecule has 0 spiro atoms. The molecule has 4 rings (SSSR count). The maximum absolute atomic E-state index is 12.5. The second-order valence-electron chi connectivity index (χ2n) is 7.64. The molecule has 0 fully saturated rings. The van der Waals surface area contributed by atoms with Crippen LogP contribution in [0.25, 0.3) is 0 Å². The van der Waals surface area contributed by atoms with E-state index < -0.39 is 10.8 Å². The molecule has 11 nitrogen and oxygen atoms in total. The lowest BCUT2D eigenvalue weighted by Gasteiger charge is -2.07. The van der Waals surface area contributed by atoms with Gasteiger partial charge in [0.05, 0.1) is 4.92 Å². The van der Waals surface area contributed by atoms with E-state index in [1.165, 1.54) is 22.9 Å². The number of furan rings is 1. The summed E-state index contributed by atoms with van der Waals surface area (Å²) >= 11 is 0. The summed E-state index contributed by atoms with van der Waals surface area (Å²) < 4.78 is 12.6. The minimum absolute atomic E-state index is 0.0505. The van der Waals surface area contributed by atoms with Gasteiger partial charge in [-0.1, -0.05) is 6.07 Å². The van der Waals surface area contributed by atoms with Gasteiger partial charge in [0.1, 0.15) is 12.4 Å². The predicted octanol–water partition coefficient (Wildman–Crippen LogP) is 4.31. The van der Waals surface area contributed by atoms with Crippen LogP contribution in [0.4, 0.5) is 17.1 Å². The smallest absolute Gasteiger partial charge is 0.311 e. The first-order valence-electron chi connectivity index (χ1n) is 10.5. The van der Waals surface area contributed by atoms with Crippen molar-refractivity contribution in [3.63, 3.8) is 0 Å². The molecule has 2 N–H and O–H groups in total. The highest BCUT2D eigenvalue weighted by Gasteiger charge is 2.17. The van der Waals surface area contributed by atoms with Gasteiger partial charge in [-0.05, 0) is 61.0 Å². The van der Waals surface area contributed by atoms with Crippen LogP contribution < -0.4 is 15.4 Å². The van der Waals surface area contributed by atoms with Gasteiger partial charge in [-0.15, -0.1) is 0 Å². The summed E-state index contributed by atoms with van der Waals surface area (Å²) in [5, 5.41) is 20.7. The van der Waals surface area contributed by atoms with E-state index in [0.29, 0.717) is 22.8 Å². The third kappa shape index (κ3) is 5.71. The number of hydrogen-bond donors (Lipinski definition) is 2. The molecule has 2 aromatic carbocycles. The molecular weight excluding hydrogens is 454 g/mol. The van der Waals surface area contributed by atoms with E-state index in [0.717, 1.165) is 5.56 Å². The number of benzene rings is 2. The number of carbonyl (C=O) groups is 2. The Morgan fingerprint density at radius 1 is 1.03 bits per heavy atom. The number of nitro benzene ring substituents is 1. The summed E-state index contributed by atoms with van der Waals surface area (Å²) in [5.41, 5.74) is 1.93. The molecule has 2 heterocycles. The van der Waals surface area contributed by atoms with Crippen molar-refractivity contribution in [3.05, 3.63) is 99.8 Å². The van der Waals surface area contributed by atoms with E-state index >= 15 is 0 Å². The highest BCUT2D eigenvalue weighted by Crippen LogP contribution is 2.28. The topological polar surface area (TPSA) is 142 Å². The monoisotopic (exact) mass is 475 g/mol. The van der Waals surface area contributed by atoms with Crippen LogP contribution in [0.3, 0.4) is 0 Å². The lowest BCUT2D eigenvalue weighted by Crippen LogP contribution is -2.13. The number of carbonyl (C=O) groups excluding carboxylic acids is 2. The second kappa shape index (κ2) is 9.91. The standard InChI is InChI=1S/C24H21N5O6/c1-15-3-9-21(20(13-15)29(32)33)34-14-18-8-10-22(35-18)24(31)26-17-6-4-16(5-7-17)25-23(30)19-11-12-28(2)27-19/h3-13H,14H2,1-2H3,(H,25,30)(H,26,31). The zero-order valence-electron chi connectivity index (χ0n) is 18.8. The number of nitro groups is 1. The normalized spacial score (nSPS) is 10.6. The van der Waals surface area contributed by atoms with Crippen molar-refractivity contribution in [2.24, 2.45) is 7.05 Å². The first kappa shape index (κ1) is 23.2. The van der Waals surface area contributed by atoms with Gasteiger partial charge in [0.2, 0.25) is 0 Å². The molecule has 4 aromatic rings. The van der Waals surface area contributed by atoms with Gasteiger partial charge in [-0.3, -0.25) is 24.4 Å². The number of nitrogens with one attached hydrogen (secondary N) is 2. The summed E-state index contributed by atoms with van der Waals surface area (Å²) in [4.78, 5) is 35.4. The molecule has 2 aromatic heterocycles. The van der Waals surface area contributed by atoms with E-state index in [-0.39, 0.29) is 29.7 Å². The molecule has 178 valence electrons. The van der Waals surface area contributed by atoms with Crippen LogP contribution >= 0.6 is 0 Å². The Balaban J connectivity index is 1.33. The molecule has 0 aliphatic carbocycles. The van der Waals surface area contributed by atoms with Crippen molar-refractivity contribution in [1.82, 2.24) is 9.78 Å². The Morgan fingerprint density at radius 3 is 2.34 bits per heavy atom. The summed E-state index contributed by atoms with van der Waals surface area (Å²) in [7, 11) is 1.72. The first-order chi connectivity index (χ1) is 16.8. The Labute approximate surface area is 199 Å². The number of amides is 2. The van der Waals surface area contributed by atoms with E-state index in [9.17, 15) is 19.7 Å². The molecule has 0 radical (unpaired) electrons. The number of rotatable bonds is 8. The van der Waals surface area contributed by atoms with Crippen molar-refractivity contribution >= 4 is 28.9 Å². The van der Waals surface area contributed by atoms with Crippen molar-refractivity contribution in [2.45, 2.75) is 13.5 Å². The highest BCUT2D eigenvalue weighted by atomic mass is 16.6. The Morgan fingerprint density at radius 2 is 1.71 bits per heavy atom. The molecule has 2 amide bonds. The Kier molecular flexibility index (Phi) is 6.58. The zero-order valence-corrected chi connectivity index (χ0v) is 18.8. The van der Waals surface area contributed by atoms with E-state index in [1.54, 1.807) is 62.6 Å². The van der Waals surface area contributed by atoms with E-state index in [2.05, 4.69) is 15.7 Å². The van der Waals surface area contributed by atoms with Crippen LogP contribution in [0.5, 0.6) is 5.75 Å². The number of hydrogen-bond acceptors (Lipinski definition) is 7. The summed E-state index contributed by atoms with van der Waals surface area (Å²) in [6.45, 7) is 1.67. The molecule has 0 atom stereocenters. The maximum Gasteiger partial charge on any atom is 0.311 e. The Hall–Kier alpha value is -4.93. The molecule has 0 saturated heterocycles. The van der Waals surface area contributed by atoms with E-state index in [1.807, 2.05) is 0 Å². The molecule has 0 aliphatic rings. The molecule has 0 aliphatic heterocycles. The average Bonchev–Trinajstić information content (AvgIpc) is 3.49. The van der Waals surface area contributed by atoms with Gasteiger partial charge in [0, 0.05) is 30.7 Å². The highest BCUT2D eigenvalue weighted by molar-refractivity contribution is 6.04. The van der Waals surface area contributed by atoms with Crippen molar-refractivity contribution in [2.75, 3.05) is 10.6 Å². The van der Waals surface area contributed by atoms with Crippen molar-refractivity contribution in [3.8, 4) is 5.75 Å². The SMILES string of the molecule is Cc1ccc(OCc2ccc(C(=O)Nc3ccc(NC(=O)c4ccn(C)n4)cc3)o2)c([N+](=O)[O-])c1. The third-order valence-corrected chi connectivity index (χ3v) is 4.91. The van der Waals surface area contributed by atoms with Gasteiger partial charge in [0.25, 0.3) is 11.8 Å². The fraction of sp³-hybridized carbons (Fsp3) is 0.125. The summed E-state index contributed by atoms with van der Waals surface area (Å²) in [5.74, 6) is -0.336. The average molecular weight is 475 g/mol. The van der Waals surface area contributed by atoms with Crippen LogP contribution in [-0.4, -0.2) is 26.5 Å². The molecule has 0 saturated carbocycles. The van der Waals surface area contributed by atoms with Crippen molar-refractivity contribution in [1.29, 1.82) is 0 Å². The van der Waals surface area contributed by atoms with Crippen molar-refractivity contribution < 1.29 is 23.7 Å². The molecule has 35 heavy (non-hydrogen) atoms.